The summed E-state index contributed by atoms with van der Waals surface area (Å²) in [6.45, 7) is 6.45. The number of fused-ring (bicyclic) bond motifs is 5. The van der Waals surface area contributed by atoms with Gasteiger partial charge in [-0.3, -0.25) is 4.79 Å². The second-order valence-corrected chi connectivity index (χ2v) is 9.55. The van der Waals surface area contributed by atoms with E-state index in [0.717, 1.165) is 38.9 Å². The average Bonchev–Trinajstić information content (AvgIpc) is 3.03. The Balaban J connectivity index is 1.61. The molecule has 3 aromatic carbocycles. The van der Waals surface area contributed by atoms with Gasteiger partial charge in [-0.15, -0.1) is 13.2 Å². The van der Waals surface area contributed by atoms with Crippen LogP contribution in [0.25, 0.3) is 33.3 Å². The molecule has 1 amide bonds. The molecule has 0 aliphatic carbocycles. The zero-order valence-electron chi connectivity index (χ0n) is 18.9. The van der Waals surface area contributed by atoms with Crippen molar-refractivity contribution in [2.45, 2.75) is 39.0 Å². The van der Waals surface area contributed by atoms with Crippen molar-refractivity contribution >= 4 is 22.5 Å². The van der Waals surface area contributed by atoms with E-state index in [9.17, 15) is 18.0 Å². The molecule has 2 heterocycles. The van der Waals surface area contributed by atoms with E-state index in [-0.39, 0.29) is 23.5 Å². The van der Waals surface area contributed by atoms with E-state index in [0.29, 0.717) is 5.69 Å². The van der Waals surface area contributed by atoms with Gasteiger partial charge in [-0.2, -0.15) is 0 Å². The second-order valence-electron chi connectivity index (χ2n) is 9.55. The highest BCUT2D eigenvalue weighted by Gasteiger charge is 2.31. The number of benzene rings is 3. The van der Waals surface area contributed by atoms with E-state index in [1.807, 2.05) is 24.3 Å². The van der Waals surface area contributed by atoms with Crippen LogP contribution in [0.4, 0.5) is 18.9 Å². The Morgan fingerprint density at radius 1 is 0.882 bits per heavy atom. The first-order valence-electron chi connectivity index (χ1n) is 10.9. The summed E-state index contributed by atoms with van der Waals surface area (Å²) in [4.78, 5) is 16.2. The lowest BCUT2D eigenvalue weighted by Crippen LogP contribution is -2.16. The molecule has 4 aromatic rings. The molecule has 0 saturated heterocycles. The molecular formula is C27H23F3N2O2. The summed E-state index contributed by atoms with van der Waals surface area (Å²) >= 11 is 0. The topological polar surface area (TPSA) is 54.1 Å². The molecule has 0 fully saturated rings. The largest absolute Gasteiger partial charge is 0.573 e. The normalized spacial score (nSPS) is 13.8. The Labute approximate surface area is 194 Å². The molecule has 1 aliphatic rings. The third-order valence-electron chi connectivity index (χ3n) is 6.09. The highest BCUT2D eigenvalue weighted by Crippen LogP contribution is 2.41. The van der Waals surface area contributed by atoms with Crippen LogP contribution >= 0.6 is 0 Å². The average molecular weight is 464 g/mol. The van der Waals surface area contributed by atoms with Crippen molar-refractivity contribution in [2.24, 2.45) is 0 Å². The van der Waals surface area contributed by atoms with Crippen LogP contribution in [0.15, 0.2) is 60.7 Å². The zero-order valence-corrected chi connectivity index (χ0v) is 18.9. The van der Waals surface area contributed by atoms with Crippen LogP contribution in [0.2, 0.25) is 0 Å². The molecule has 0 saturated carbocycles. The van der Waals surface area contributed by atoms with E-state index in [2.05, 4.69) is 47.9 Å². The number of aromatic amines is 1. The van der Waals surface area contributed by atoms with Crippen molar-refractivity contribution in [3.05, 3.63) is 71.8 Å². The number of amides is 1. The van der Waals surface area contributed by atoms with Crippen LogP contribution in [0, 0.1) is 0 Å². The quantitative estimate of drug-likeness (QED) is 0.330. The van der Waals surface area contributed by atoms with E-state index in [1.54, 1.807) is 12.1 Å². The molecule has 4 nitrogen and oxygen atoms in total. The van der Waals surface area contributed by atoms with Crippen LogP contribution in [-0.4, -0.2) is 17.3 Å². The predicted molar refractivity (Wildman–Crippen MR) is 127 cm³/mol. The SMILES string of the molecule is CC(C)(C)c1ccc2[nH]c3c(c2c1)CC(=O)Nc1ccc(-c2ccc(OC(F)(F)F)cc2)cc1-3. The summed E-state index contributed by atoms with van der Waals surface area (Å²) < 4.78 is 41.4. The second kappa shape index (κ2) is 7.65. The standard InChI is InChI=1S/C27H23F3N2O2/c1-26(2,3)17-7-11-22-19(13-17)20-14-24(33)31-23-10-6-16(12-21(23)25(20)32-22)15-4-8-18(9-5-15)34-27(28,29)30/h4-13,32H,14H2,1-3H3,(H,31,33). The van der Waals surface area contributed by atoms with Gasteiger partial charge in [0.05, 0.1) is 17.8 Å². The monoisotopic (exact) mass is 464 g/mol. The first kappa shape index (κ1) is 22.1. The van der Waals surface area contributed by atoms with Crippen LogP contribution in [0.3, 0.4) is 0 Å². The van der Waals surface area contributed by atoms with Gasteiger partial charge in [-0.1, -0.05) is 45.0 Å². The highest BCUT2D eigenvalue weighted by atomic mass is 19.4. The van der Waals surface area contributed by atoms with E-state index in [4.69, 9.17) is 0 Å². The maximum atomic E-state index is 12.7. The molecule has 34 heavy (non-hydrogen) atoms. The molecule has 1 aliphatic heterocycles. The Kier molecular flexibility index (Phi) is 4.97. The number of anilines is 1. The number of halogens is 3. The van der Waals surface area contributed by atoms with Gasteiger partial charge >= 0.3 is 6.36 Å². The molecule has 0 atom stereocenters. The molecule has 0 spiro atoms. The summed E-state index contributed by atoms with van der Waals surface area (Å²) in [5.74, 6) is -0.366. The number of hydrogen-bond donors (Lipinski definition) is 2. The van der Waals surface area contributed by atoms with E-state index in [1.165, 1.54) is 17.7 Å². The number of carbonyl (C=O) groups is 1. The molecule has 0 radical (unpaired) electrons. The fraction of sp³-hybridized carbons (Fsp3) is 0.222. The van der Waals surface area contributed by atoms with Gasteiger partial charge in [0.15, 0.2) is 0 Å². The minimum atomic E-state index is -4.73. The maximum Gasteiger partial charge on any atom is 0.573 e. The fourth-order valence-corrected chi connectivity index (χ4v) is 4.37. The number of carbonyl (C=O) groups excluding carboxylic acids is 1. The summed E-state index contributed by atoms with van der Waals surface area (Å²) in [7, 11) is 0. The Hall–Kier alpha value is -3.74. The van der Waals surface area contributed by atoms with Gasteiger partial charge < -0.3 is 15.0 Å². The summed E-state index contributed by atoms with van der Waals surface area (Å²) in [5.41, 5.74) is 6.98. The lowest BCUT2D eigenvalue weighted by molar-refractivity contribution is -0.274. The minimum absolute atomic E-state index is 0.0294. The maximum absolute atomic E-state index is 12.7. The van der Waals surface area contributed by atoms with Crippen LogP contribution in [-0.2, 0) is 16.6 Å². The van der Waals surface area contributed by atoms with Crippen LogP contribution < -0.4 is 10.1 Å². The lowest BCUT2D eigenvalue weighted by Gasteiger charge is -2.19. The van der Waals surface area contributed by atoms with Crippen molar-refractivity contribution in [3.63, 3.8) is 0 Å². The molecule has 0 unspecified atom stereocenters. The fourth-order valence-electron chi connectivity index (χ4n) is 4.37. The predicted octanol–water partition coefficient (Wildman–Crippen LogP) is 7.19. The molecule has 0 bridgehead atoms. The van der Waals surface area contributed by atoms with Gasteiger partial charge in [0.1, 0.15) is 5.75 Å². The Morgan fingerprint density at radius 2 is 1.59 bits per heavy atom. The summed E-state index contributed by atoms with van der Waals surface area (Å²) in [6.07, 6.45) is -4.49. The van der Waals surface area contributed by atoms with E-state index < -0.39 is 6.36 Å². The lowest BCUT2D eigenvalue weighted by atomic mass is 9.86. The van der Waals surface area contributed by atoms with Gasteiger partial charge in [0.25, 0.3) is 0 Å². The smallest absolute Gasteiger partial charge is 0.406 e. The first-order valence-corrected chi connectivity index (χ1v) is 10.9. The van der Waals surface area contributed by atoms with E-state index >= 15 is 0 Å². The number of hydrogen-bond acceptors (Lipinski definition) is 2. The summed E-state index contributed by atoms with van der Waals surface area (Å²) in [5, 5.41) is 3.99. The molecule has 2 N–H and O–H groups in total. The van der Waals surface area contributed by atoms with Gasteiger partial charge in [0.2, 0.25) is 5.91 Å². The van der Waals surface area contributed by atoms with Crippen molar-refractivity contribution < 1.29 is 22.7 Å². The molecule has 174 valence electrons. The number of rotatable bonds is 2. The van der Waals surface area contributed by atoms with Crippen LogP contribution in [0.5, 0.6) is 5.75 Å². The van der Waals surface area contributed by atoms with Crippen molar-refractivity contribution in [1.82, 2.24) is 4.98 Å². The molecular weight excluding hydrogens is 441 g/mol. The van der Waals surface area contributed by atoms with Gasteiger partial charge in [-0.05, 0) is 64.1 Å². The first-order chi connectivity index (χ1) is 16.0. The Morgan fingerprint density at radius 3 is 2.26 bits per heavy atom. The van der Waals surface area contributed by atoms with Crippen molar-refractivity contribution in [3.8, 4) is 28.1 Å². The molecule has 7 heteroatoms. The highest BCUT2D eigenvalue weighted by molar-refractivity contribution is 6.06. The minimum Gasteiger partial charge on any atom is -0.406 e. The third-order valence-corrected chi connectivity index (χ3v) is 6.09. The Bertz CT molecular complexity index is 1410. The van der Waals surface area contributed by atoms with Gasteiger partial charge in [-0.25, -0.2) is 0 Å². The molecule has 1 aromatic heterocycles. The van der Waals surface area contributed by atoms with Crippen molar-refractivity contribution in [2.75, 3.05) is 5.32 Å². The van der Waals surface area contributed by atoms with Gasteiger partial charge in [0, 0.05) is 16.5 Å². The van der Waals surface area contributed by atoms with Crippen molar-refractivity contribution in [1.29, 1.82) is 0 Å². The summed E-state index contributed by atoms with van der Waals surface area (Å²) in [6, 6.07) is 17.6. The zero-order chi connectivity index (χ0) is 24.3. The van der Waals surface area contributed by atoms with Crippen LogP contribution in [0.1, 0.15) is 31.9 Å². The number of nitrogens with one attached hydrogen (secondary N) is 2. The molecule has 5 rings (SSSR count). The number of alkyl halides is 3. The number of H-pyrrole nitrogens is 1. The number of aromatic nitrogens is 1. The number of ether oxygens (including phenoxy) is 1. The third kappa shape index (κ3) is 4.14.